The molecule has 4 aromatic rings. The first-order chi connectivity index (χ1) is 18.1. The second kappa shape index (κ2) is 8.88. The minimum atomic E-state index is -4.65. The van der Waals surface area contributed by atoms with E-state index in [1.54, 1.807) is 36.5 Å². The van der Waals surface area contributed by atoms with Crippen LogP contribution < -0.4 is 10.2 Å². The number of alkyl halides is 3. The Morgan fingerprint density at radius 2 is 1.82 bits per heavy atom. The number of anilines is 1. The summed E-state index contributed by atoms with van der Waals surface area (Å²) in [5.41, 5.74) is -0.132. The predicted molar refractivity (Wildman–Crippen MR) is 140 cm³/mol. The second-order valence-electron chi connectivity index (χ2n) is 8.79. The normalized spacial score (nSPS) is 19.5. The minimum Gasteiger partial charge on any atom is -0.329 e. The minimum absolute atomic E-state index is 0.132. The van der Waals surface area contributed by atoms with E-state index in [0.717, 1.165) is 32.9 Å². The van der Waals surface area contributed by atoms with E-state index in [0.29, 0.717) is 21.5 Å². The van der Waals surface area contributed by atoms with E-state index in [-0.39, 0.29) is 16.1 Å². The predicted octanol–water partition coefficient (Wildman–Crippen LogP) is 5.89. The van der Waals surface area contributed by atoms with Gasteiger partial charge in [-0.3, -0.25) is 14.5 Å². The third-order valence-electron chi connectivity index (χ3n) is 6.51. The first kappa shape index (κ1) is 24.5. The molecule has 2 aromatic heterocycles. The Hall–Kier alpha value is -3.83. The van der Waals surface area contributed by atoms with Gasteiger partial charge in [-0.05, 0) is 17.7 Å². The van der Waals surface area contributed by atoms with Crippen molar-refractivity contribution in [3.63, 3.8) is 0 Å². The van der Waals surface area contributed by atoms with Crippen molar-refractivity contribution in [1.29, 1.82) is 0 Å². The molecule has 3 amide bonds. The van der Waals surface area contributed by atoms with Gasteiger partial charge in [0, 0.05) is 45.1 Å². The Balaban J connectivity index is 1.40. The number of nitrogens with zero attached hydrogens (tertiary/aromatic N) is 4. The Bertz CT molecular complexity index is 1660. The number of benzene rings is 2. The fourth-order valence-electron chi connectivity index (χ4n) is 4.87. The number of aromatic nitrogens is 3. The lowest BCUT2D eigenvalue weighted by Gasteiger charge is -2.33. The van der Waals surface area contributed by atoms with Crippen molar-refractivity contribution in [3.8, 4) is 11.1 Å². The lowest BCUT2D eigenvalue weighted by molar-refractivity contribution is -0.143. The maximum absolute atomic E-state index is 13.9. The van der Waals surface area contributed by atoms with E-state index in [2.05, 4.69) is 15.4 Å². The van der Waals surface area contributed by atoms with Crippen LogP contribution in [0.4, 0.5) is 23.7 Å². The summed E-state index contributed by atoms with van der Waals surface area (Å²) in [6, 6.07) is 10.6. The summed E-state index contributed by atoms with van der Waals surface area (Å²) < 4.78 is 42.4. The van der Waals surface area contributed by atoms with Crippen LogP contribution in [0.25, 0.3) is 26.8 Å². The molecule has 2 aliphatic heterocycles. The Morgan fingerprint density at radius 1 is 1.03 bits per heavy atom. The number of thioether (sulfide) groups is 1. The molecule has 4 heterocycles. The van der Waals surface area contributed by atoms with Crippen LogP contribution in [0.2, 0.25) is 5.02 Å². The van der Waals surface area contributed by atoms with Gasteiger partial charge in [0.1, 0.15) is 10.9 Å². The molecule has 2 atom stereocenters. The summed E-state index contributed by atoms with van der Waals surface area (Å²) >= 11 is 7.68. The molecule has 0 radical (unpaired) electrons. The molecule has 2 aromatic carbocycles. The van der Waals surface area contributed by atoms with E-state index in [1.807, 2.05) is 12.1 Å². The lowest BCUT2D eigenvalue weighted by Crippen LogP contribution is -2.60. The summed E-state index contributed by atoms with van der Waals surface area (Å²) in [6.07, 6.45) is 1.26. The number of amides is 3. The smallest absolute Gasteiger partial charge is 0.329 e. The van der Waals surface area contributed by atoms with Crippen molar-refractivity contribution in [3.05, 3.63) is 83.4 Å². The zero-order valence-corrected chi connectivity index (χ0v) is 21.1. The van der Waals surface area contributed by atoms with Gasteiger partial charge in [-0.15, -0.1) is 11.8 Å². The standard InChI is InChI=1S/C26H17ClF3N5O2S/c1-34-23(26(28,29)30)16(11-32-34)15-7-4-8-17(27)21(15)20-9-18-22(38-20)24(36)35(25(37)33-18)19-12-31-10-13-5-2-3-6-14(13)19/h2-12,18,22H,1H3,(H,33,37). The molecule has 0 aliphatic carbocycles. The van der Waals surface area contributed by atoms with Crippen molar-refractivity contribution < 1.29 is 22.8 Å². The summed E-state index contributed by atoms with van der Waals surface area (Å²) in [5, 5.41) is 7.58. The highest BCUT2D eigenvalue weighted by Gasteiger charge is 2.46. The maximum Gasteiger partial charge on any atom is 0.433 e. The number of imide groups is 1. The Labute approximate surface area is 223 Å². The number of nitrogens with one attached hydrogen (secondary N) is 1. The fourth-order valence-corrected chi connectivity index (χ4v) is 6.54. The highest BCUT2D eigenvalue weighted by molar-refractivity contribution is 8.09. The molecule has 2 aliphatic rings. The van der Waals surface area contributed by atoms with Crippen molar-refractivity contribution in [2.75, 3.05) is 4.90 Å². The molecule has 2 unspecified atom stereocenters. The van der Waals surface area contributed by atoms with Gasteiger partial charge in [0.15, 0.2) is 0 Å². The van der Waals surface area contributed by atoms with E-state index < -0.39 is 35.1 Å². The van der Waals surface area contributed by atoms with Crippen LogP contribution in [0.3, 0.4) is 0 Å². The number of carbonyl (C=O) groups excluding carboxylic acids is 2. The number of halogens is 4. The topological polar surface area (TPSA) is 80.1 Å². The summed E-state index contributed by atoms with van der Waals surface area (Å²) in [7, 11) is 1.22. The van der Waals surface area contributed by atoms with Crippen molar-refractivity contribution in [2.24, 2.45) is 7.05 Å². The molecule has 7 nitrogen and oxygen atoms in total. The molecule has 0 spiro atoms. The third-order valence-corrected chi connectivity index (χ3v) is 8.17. The van der Waals surface area contributed by atoms with Crippen LogP contribution in [0.15, 0.2) is 67.1 Å². The molecule has 0 bridgehead atoms. The summed E-state index contributed by atoms with van der Waals surface area (Å²) in [6.45, 7) is 0. The van der Waals surface area contributed by atoms with Crippen molar-refractivity contribution in [1.82, 2.24) is 20.1 Å². The van der Waals surface area contributed by atoms with Gasteiger partial charge in [0.2, 0.25) is 0 Å². The molecule has 6 rings (SSSR count). The van der Waals surface area contributed by atoms with E-state index in [1.165, 1.54) is 19.3 Å². The molecule has 0 saturated carbocycles. The SMILES string of the molecule is Cn1ncc(-c2cccc(Cl)c2C2=CC3NC(=O)N(c4cncc5ccccc45)C(=O)C3S2)c1C(F)(F)F. The first-order valence-electron chi connectivity index (χ1n) is 11.4. The molecular formula is C26H17ClF3N5O2S. The van der Waals surface area contributed by atoms with Crippen LogP contribution in [0.5, 0.6) is 0 Å². The average molecular weight is 556 g/mol. The molecule has 12 heteroatoms. The van der Waals surface area contributed by atoms with Crippen LogP contribution >= 0.6 is 23.4 Å². The summed E-state index contributed by atoms with van der Waals surface area (Å²) in [5.74, 6) is -0.459. The van der Waals surface area contributed by atoms with Gasteiger partial charge in [0.25, 0.3) is 5.91 Å². The summed E-state index contributed by atoms with van der Waals surface area (Å²) in [4.78, 5) is 32.5. The number of pyridine rings is 1. The zero-order chi connectivity index (χ0) is 26.8. The van der Waals surface area contributed by atoms with E-state index in [9.17, 15) is 22.8 Å². The van der Waals surface area contributed by atoms with Crippen LogP contribution in [-0.4, -0.2) is 38.0 Å². The number of hydrogen-bond donors (Lipinski definition) is 1. The number of carbonyl (C=O) groups is 2. The second-order valence-corrected chi connectivity index (χ2v) is 10.4. The van der Waals surface area contributed by atoms with Crippen LogP contribution in [0.1, 0.15) is 11.3 Å². The Kier molecular flexibility index (Phi) is 5.73. The quantitative estimate of drug-likeness (QED) is 0.341. The van der Waals surface area contributed by atoms with Gasteiger partial charge in [-0.2, -0.15) is 18.3 Å². The molecular weight excluding hydrogens is 539 g/mol. The highest BCUT2D eigenvalue weighted by Crippen LogP contribution is 2.49. The average Bonchev–Trinajstić information content (AvgIpc) is 3.47. The highest BCUT2D eigenvalue weighted by atomic mass is 35.5. The van der Waals surface area contributed by atoms with Gasteiger partial charge >= 0.3 is 12.2 Å². The zero-order valence-electron chi connectivity index (χ0n) is 19.5. The fraction of sp³-hybridized carbons (Fsp3) is 0.154. The molecule has 1 fully saturated rings. The first-order valence-corrected chi connectivity index (χ1v) is 12.6. The van der Waals surface area contributed by atoms with Gasteiger partial charge < -0.3 is 5.32 Å². The maximum atomic E-state index is 13.9. The van der Waals surface area contributed by atoms with Crippen molar-refractivity contribution in [2.45, 2.75) is 17.5 Å². The van der Waals surface area contributed by atoms with Crippen LogP contribution in [-0.2, 0) is 18.0 Å². The molecule has 1 saturated heterocycles. The monoisotopic (exact) mass is 555 g/mol. The Morgan fingerprint density at radius 3 is 2.61 bits per heavy atom. The number of rotatable bonds is 3. The number of fused-ring (bicyclic) bond motifs is 2. The largest absolute Gasteiger partial charge is 0.433 e. The van der Waals surface area contributed by atoms with E-state index in [4.69, 9.17) is 11.6 Å². The number of hydrogen-bond acceptors (Lipinski definition) is 5. The number of aryl methyl sites for hydroxylation is 1. The molecule has 192 valence electrons. The molecule has 38 heavy (non-hydrogen) atoms. The van der Waals surface area contributed by atoms with Gasteiger partial charge in [-0.1, -0.05) is 48.0 Å². The van der Waals surface area contributed by atoms with Gasteiger partial charge in [-0.25, -0.2) is 9.69 Å². The van der Waals surface area contributed by atoms with Gasteiger partial charge in [0.05, 0.1) is 24.1 Å². The molecule has 1 N–H and O–H groups in total. The third kappa shape index (κ3) is 3.84. The number of urea groups is 1. The van der Waals surface area contributed by atoms with Crippen LogP contribution in [0, 0.1) is 0 Å². The van der Waals surface area contributed by atoms with E-state index >= 15 is 0 Å². The van der Waals surface area contributed by atoms with Crippen molar-refractivity contribution >= 4 is 56.7 Å². The lowest BCUT2D eigenvalue weighted by atomic mass is 9.98.